The Morgan fingerprint density at radius 3 is 2.40 bits per heavy atom. The van der Waals surface area contributed by atoms with Gasteiger partial charge in [0.1, 0.15) is 6.54 Å². The molecule has 0 saturated carbocycles. The quantitative estimate of drug-likeness (QED) is 0.530. The summed E-state index contributed by atoms with van der Waals surface area (Å²) in [5.74, 6) is -1.12. The summed E-state index contributed by atoms with van der Waals surface area (Å²) in [6, 6.07) is -0.607. The lowest BCUT2D eigenvalue weighted by Gasteiger charge is -2.20. The molecule has 116 valence electrons. The molecule has 3 N–H and O–H groups in total. The van der Waals surface area contributed by atoms with E-state index in [1.54, 1.807) is 0 Å². The lowest BCUT2D eigenvalue weighted by molar-refractivity contribution is -0.137. The van der Waals surface area contributed by atoms with Crippen LogP contribution in [0.3, 0.4) is 0 Å². The first-order valence-corrected chi connectivity index (χ1v) is 6.37. The molecule has 0 spiro atoms. The number of carbonyl (C=O) groups is 3. The minimum Gasteiger partial charge on any atom is -0.480 e. The SMILES string of the molecule is COCCN(CC(=O)O)C(=O)NCC(=O)NCC(C)C. The molecule has 0 aromatic carbocycles. The second-order valence-corrected chi connectivity index (χ2v) is 4.66. The van der Waals surface area contributed by atoms with E-state index in [1.165, 1.54) is 7.11 Å². The average molecular weight is 289 g/mol. The van der Waals surface area contributed by atoms with Crippen molar-refractivity contribution in [2.45, 2.75) is 13.8 Å². The number of nitrogens with one attached hydrogen (secondary N) is 2. The van der Waals surface area contributed by atoms with Crippen molar-refractivity contribution in [3.8, 4) is 0 Å². The van der Waals surface area contributed by atoms with Crippen molar-refractivity contribution in [1.82, 2.24) is 15.5 Å². The molecule has 0 heterocycles. The Kier molecular flexibility index (Phi) is 9.10. The van der Waals surface area contributed by atoms with Crippen LogP contribution in [0.25, 0.3) is 0 Å². The third kappa shape index (κ3) is 9.15. The smallest absolute Gasteiger partial charge is 0.323 e. The number of aliphatic carboxylic acids is 1. The third-order valence-corrected chi connectivity index (χ3v) is 2.29. The highest BCUT2D eigenvalue weighted by atomic mass is 16.5. The molecule has 0 fully saturated rings. The van der Waals surface area contributed by atoms with E-state index in [4.69, 9.17) is 9.84 Å². The van der Waals surface area contributed by atoms with E-state index < -0.39 is 18.5 Å². The van der Waals surface area contributed by atoms with E-state index in [0.29, 0.717) is 12.5 Å². The number of hydrogen-bond donors (Lipinski definition) is 3. The Balaban J connectivity index is 4.17. The largest absolute Gasteiger partial charge is 0.480 e. The first-order valence-electron chi connectivity index (χ1n) is 6.37. The van der Waals surface area contributed by atoms with Crippen LogP contribution in [0.5, 0.6) is 0 Å². The van der Waals surface area contributed by atoms with E-state index in [-0.39, 0.29) is 25.6 Å². The maximum absolute atomic E-state index is 11.7. The van der Waals surface area contributed by atoms with Gasteiger partial charge in [-0.3, -0.25) is 9.59 Å². The van der Waals surface area contributed by atoms with Crippen molar-refractivity contribution in [2.24, 2.45) is 5.92 Å². The Morgan fingerprint density at radius 1 is 1.25 bits per heavy atom. The summed E-state index contributed by atoms with van der Waals surface area (Å²) in [6.45, 7) is 4.17. The van der Waals surface area contributed by atoms with Crippen LogP contribution in [0.15, 0.2) is 0 Å². The van der Waals surface area contributed by atoms with Gasteiger partial charge in [0.2, 0.25) is 5.91 Å². The molecule has 0 aliphatic carbocycles. The molecule has 0 radical (unpaired) electrons. The van der Waals surface area contributed by atoms with E-state index in [1.807, 2.05) is 13.8 Å². The van der Waals surface area contributed by atoms with Gasteiger partial charge in [-0.05, 0) is 5.92 Å². The lowest BCUT2D eigenvalue weighted by atomic mass is 10.2. The van der Waals surface area contributed by atoms with Gasteiger partial charge in [-0.15, -0.1) is 0 Å². The van der Waals surface area contributed by atoms with E-state index >= 15 is 0 Å². The monoisotopic (exact) mass is 289 g/mol. The number of urea groups is 1. The molecule has 0 rings (SSSR count). The number of methoxy groups -OCH3 is 1. The van der Waals surface area contributed by atoms with Crippen LogP contribution in [-0.2, 0) is 14.3 Å². The van der Waals surface area contributed by atoms with Gasteiger partial charge in [0.15, 0.2) is 0 Å². The van der Waals surface area contributed by atoms with Crippen LogP contribution in [0.4, 0.5) is 4.79 Å². The van der Waals surface area contributed by atoms with Crippen LogP contribution in [0, 0.1) is 5.92 Å². The second kappa shape index (κ2) is 10.0. The molecular formula is C12H23N3O5. The van der Waals surface area contributed by atoms with Crippen LogP contribution in [0.2, 0.25) is 0 Å². The minimum atomic E-state index is -1.12. The van der Waals surface area contributed by atoms with Gasteiger partial charge in [0.05, 0.1) is 13.2 Å². The molecule has 8 nitrogen and oxygen atoms in total. The zero-order valence-corrected chi connectivity index (χ0v) is 12.1. The molecule has 0 aliphatic rings. The normalized spacial score (nSPS) is 10.2. The third-order valence-electron chi connectivity index (χ3n) is 2.29. The molecule has 0 atom stereocenters. The van der Waals surface area contributed by atoms with Crippen LogP contribution >= 0.6 is 0 Å². The van der Waals surface area contributed by atoms with Gasteiger partial charge in [0, 0.05) is 20.2 Å². The Hall–Kier alpha value is -1.83. The molecule has 20 heavy (non-hydrogen) atoms. The molecule has 0 unspecified atom stereocenters. The van der Waals surface area contributed by atoms with Crippen molar-refractivity contribution in [3.05, 3.63) is 0 Å². The van der Waals surface area contributed by atoms with Crippen molar-refractivity contribution in [3.63, 3.8) is 0 Å². The van der Waals surface area contributed by atoms with E-state index in [9.17, 15) is 14.4 Å². The molecular weight excluding hydrogens is 266 g/mol. The first-order chi connectivity index (χ1) is 9.36. The number of ether oxygens (including phenoxy) is 1. The number of carbonyl (C=O) groups excluding carboxylic acids is 2. The molecule has 0 aliphatic heterocycles. The van der Waals surface area contributed by atoms with Gasteiger partial charge >= 0.3 is 12.0 Å². The molecule has 0 aromatic heterocycles. The van der Waals surface area contributed by atoms with Crippen molar-refractivity contribution in [2.75, 3.05) is 39.9 Å². The maximum atomic E-state index is 11.7. The predicted molar refractivity (Wildman–Crippen MR) is 72.3 cm³/mol. The summed E-state index contributed by atoms with van der Waals surface area (Å²) >= 11 is 0. The minimum absolute atomic E-state index is 0.141. The Morgan fingerprint density at radius 2 is 1.90 bits per heavy atom. The van der Waals surface area contributed by atoms with Crippen molar-refractivity contribution < 1.29 is 24.2 Å². The molecule has 0 saturated heterocycles. The highest BCUT2D eigenvalue weighted by Gasteiger charge is 2.16. The van der Waals surface area contributed by atoms with Crippen LogP contribution < -0.4 is 10.6 Å². The van der Waals surface area contributed by atoms with Crippen LogP contribution in [0.1, 0.15) is 13.8 Å². The number of carboxylic acid groups (broad SMARTS) is 1. The fourth-order valence-electron chi connectivity index (χ4n) is 1.27. The summed E-state index contributed by atoms with van der Waals surface area (Å²) in [7, 11) is 1.45. The van der Waals surface area contributed by atoms with Crippen molar-refractivity contribution >= 4 is 17.9 Å². The summed E-state index contributed by atoms with van der Waals surface area (Å²) in [5.41, 5.74) is 0. The number of carboxylic acids is 1. The molecule has 0 bridgehead atoms. The summed E-state index contributed by atoms with van der Waals surface area (Å²) in [4.78, 5) is 34.9. The summed E-state index contributed by atoms with van der Waals surface area (Å²) in [6.07, 6.45) is 0. The van der Waals surface area contributed by atoms with E-state index in [2.05, 4.69) is 10.6 Å². The zero-order valence-electron chi connectivity index (χ0n) is 12.1. The number of amides is 3. The standard InChI is InChI=1S/C12H23N3O5/c1-9(2)6-13-10(16)7-14-12(19)15(4-5-20-3)8-11(17)18/h9H,4-8H2,1-3H3,(H,13,16)(H,14,19)(H,17,18). The zero-order chi connectivity index (χ0) is 15.5. The topological polar surface area (TPSA) is 108 Å². The molecule has 0 aromatic rings. The fraction of sp³-hybridized carbons (Fsp3) is 0.750. The van der Waals surface area contributed by atoms with Gasteiger partial charge < -0.3 is 25.4 Å². The molecule has 8 heteroatoms. The average Bonchev–Trinajstić information content (AvgIpc) is 2.37. The summed E-state index contributed by atoms with van der Waals surface area (Å²) < 4.78 is 4.80. The first kappa shape index (κ1) is 18.2. The predicted octanol–water partition coefficient (Wildman–Crippen LogP) is -0.499. The number of hydrogen-bond acceptors (Lipinski definition) is 4. The summed E-state index contributed by atoms with van der Waals surface area (Å²) in [5, 5.41) is 13.7. The van der Waals surface area contributed by atoms with Gasteiger partial charge in [-0.1, -0.05) is 13.8 Å². The van der Waals surface area contributed by atoms with Crippen LogP contribution in [-0.4, -0.2) is 67.8 Å². The Bertz CT molecular complexity index is 333. The highest BCUT2D eigenvalue weighted by molar-refractivity contribution is 5.85. The molecule has 3 amide bonds. The van der Waals surface area contributed by atoms with Gasteiger partial charge in [-0.2, -0.15) is 0 Å². The number of rotatable bonds is 9. The van der Waals surface area contributed by atoms with Crippen molar-refractivity contribution in [1.29, 1.82) is 0 Å². The van der Waals surface area contributed by atoms with Gasteiger partial charge in [-0.25, -0.2) is 4.79 Å². The Labute approximate surface area is 118 Å². The van der Waals surface area contributed by atoms with Gasteiger partial charge in [0.25, 0.3) is 0 Å². The highest BCUT2D eigenvalue weighted by Crippen LogP contribution is 1.91. The van der Waals surface area contributed by atoms with E-state index in [0.717, 1.165) is 4.90 Å². The maximum Gasteiger partial charge on any atom is 0.323 e. The second-order valence-electron chi connectivity index (χ2n) is 4.66. The lowest BCUT2D eigenvalue weighted by Crippen LogP contribution is -2.47. The fourth-order valence-corrected chi connectivity index (χ4v) is 1.27. The number of nitrogens with zero attached hydrogens (tertiary/aromatic N) is 1.